The highest BCUT2D eigenvalue weighted by Crippen LogP contribution is 2.72. The first-order valence-corrected chi connectivity index (χ1v) is 14.7. The lowest BCUT2D eigenvalue weighted by Crippen LogP contribution is -2.55. The molecule has 0 aromatic carbocycles. The molecule has 4 aliphatic carbocycles. The topological polar surface area (TPSA) is 26.3 Å². The van der Waals surface area contributed by atoms with Crippen molar-refractivity contribution in [1.82, 2.24) is 0 Å². The first-order chi connectivity index (χ1) is 15.8. The number of allylic oxidation sites excluding steroid dienone is 2. The Hall–Kier alpha value is -0.790. The molecule has 2 nitrogen and oxygen atoms in total. The van der Waals surface area contributed by atoms with Gasteiger partial charge in [0.15, 0.2) is 0 Å². The van der Waals surface area contributed by atoms with Crippen LogP contribution in [0.2, 0.25) is 0 Å². The second-order valence-electron chi connectivity index (χ2n) is 14.4. The maximum atomic E-state index is 11.8. The van der Waals surface area contributed by atoms with Crippen molar-refractivity contribution in [2.75, 3.05) is 0 Å². The lowest BCUT2D eigenvalue weighted by atomic mass is 9.43. The second kappa shape index (κ2) is 8.95. The maximum Gasteiger partial charge on any atom is 0.302 e. The average molecular weight is 471 g/mol. The molecule has 2 heteroatoms. The Labute approximate surface area is 211 Å². The molecule has 0 aliphatic heterocycles. The molecule has 0 radical (unpaired) electrons. The van der Waals surface area contributed by atoms with Gasteiger partial charge < -0.3 is 4.74 Å². The van der Waals surface area contributed by atoms with Gasteiger partial charge >= 0.3 is 5.97 Å². The molecule has 0 amide bonds. The summed E-state index contributed by atoms with van der Waals surface area (Å²) in [6, 6.07) is 0. The summed E-state index contributed by atoms with van der Waals surface area (Å²) in [6.45, 7) is 21.6. The molecule has 2 fully saturated rings. The number of fused-ring (bicyclic) bond motifs is 4. The summed E-state index contributed by atoms with van der Waals surface area (Å²) < 4.78 is 5.87. The fourth-order valence-corrected chi connectivity index (χ4v) is 9.98. The fraction of sp³-hybridized carbons (Fsp3) is 0.906. The van der Waals surface area contributed by atoms with Gasteiger partial charge in [-0.3, -0.25) is 4.79 Å². The van der Waals surface area contributed by atoms with E-state index in [0.29, 0.717) is 16.7 Å². The van der Waals surface area contributed by atoms with E-state index in [2.05, 4.69) is 55.4 Å². The van der Waals surface area contributed by atoms with Crippen LogP contribution in [0.25, 0.3) is 0 Å². The molecular weight excluding hydrogens is 416 g/mol. The number of rotatable bonds is 6. The third-order valence-corrected chi connectivity index (χ3v) is 12.6. The first-order valence-electron chi connectivity index (χ1n) is 14.7. The molecule has 2 saturated carbocycles. The van der Waals surface area contributed by atoms with Gasteiger partial charge in [0, 0.05) is 12.3 Å². The van der Waals surface area contributed by atoms with E-state index in [1.54, 1.807) is 6.92 Å². The Morgan fingerprint density at radius 1 is 0.941 bits per heavy atom. The molecule has 4 aliphatic rings. The van der Waals surface area contributed by atoms with Crippen LogP contribution in [0, 0.1) is 45.3 Å². The van der Waals surface area contributed by atoms with Crippen LogP contribution in [-0.4, -0.2) is 12.1 Å². The molecule has 0 saturated heterocycles. The van der Waals surface area contributed by atoms with E-state index in [-0.39, 0.29) is 22.9 Å². The molecule has 0 N–H and O–H groups in total. The molecule has 0 spiro atoms. The smallest absolute Gasteiger partial charge is 0.302 e. The highest BCUT2D eigenvalue weighted by atomic mass is 16.5. The van der Waals surface area contributed by atoms with Gasteiger partial charge in [-0.25, -0.2) is 0 Å². The van der Waals surface area contributed by atoms with Crippen LogP contribution < -0.4 is 0 Å². The van der Waals surface area contributed by atoms with E-state index in [9.17, 15) is 4.79 Å². The van der Waals surface area contributed by atoms with Crippen molar-refractivity contribution in [2.45, 2.75) is 139 Å². The summed E-state index contributed by atoms with van der Waals surface area (Å²) in [5.74, 6) is 3.07. The zero-order chi connectivity index (χ0) is 25.1. The Balaban J connectivity index is 1.62. The summed E-state index contributed by atoms with van der Waals surface area (Å²) in [4.78, 5) is 11.8. The van der Waals surface area contributed by atoms with Crippen LogP contribution in [0.15, 0.2) is 11.1 Å². The molecule has 194 valence electrons. The lowest BCUT2D eigenvalue weighted by molar-refractivity contribution is -0.167. The Morgan fingerprint density at radius 2 is 1.65 bits per heavy atom. The third kappa shape index (κ3) is 3.83. The van der Waals surface area contributed by atoms with Gasteiger partial charge in [-0.2, -0.15) is 0 Å². The zero-order valence-corrected chi connectivity index (χ0v) is 24.0. The van der Waals surface area contributed by atoms with Crippen molar-refractivity contribution in [2.24, 2.45) is 45.3 Å². The summed E-state index contributed by atoms with van der Waals surface area (Å²) in [5, 5.41) is 0. The first kappa shape index (κ1) is 26.3. The van der Waals surface area contributed by atoms with Crippen LogP contribution >= 0.6 is 0 Å². The normalized spacial score (nSPS) is 42.9. The number of carbonyl (C=O) groups excluding carboxylic acids is 1. The quantitative estimate of drug-likeness (QED) is 0.286. The minimum Gasteiger partial charge on any atom is -0.462 e. The van der Waals surface area contributed by atoms with Crippen molar-refractivity contribution >= 4 is 5.97 Å². The Bertz CT molecular complexity index is 823. The van der Waals surface area contributed by atoms with Gasteiger partial charge in [-0.15, -0.1) is 0 Å². The molecule has 4 rings (SSSR count). The maximum absolute atomic E-state index is 11.8. The van der Waals surface area contributed by atoms with Gasteiger partial charge in [0.25, 0.3) is 0 Å². The van der Waals surface area contributed by atoms with E-state index in [1.807, 2.05) is 11.1 Å². The molecule has 0 bridgehead atoms. The number of hydrogen-bond acceptors (Lipinski definition) is 2. The molecule has 3 unspecified atom stereocenters. The number of carbonyl (C=O) groups is 1. The zero-order valence-electron chi connectivity index (χ0n) is 24.0. The van der Waals surface area contributed by atoms with Crippen LogP contribution in [0.5, 0.6) is 0 Å². The van der Waals surface area contributed by atoms with Crippen LogP contribution in [0.4, 0.5) is 0 Å². The van der Waals surface area contributed by atoms with Crippen molar-refractivity contribution in [3.8, 4) is 0 Å². The molecule has 34 heavy (non-hydrogen) atoms. The van der Waals surface area contributed by atoms with Gasteiger partial charge in [-0.05, 0) is 91.3 Å². The summed E-state index contributed by atoms with van der Waals surface area (Å²) >= 11 is 0. The Morgan fingerprint density at radius 3 is 2.29 bits per heavy atom. The molecule has 0 heterocycles. The number of hydrogen-bond donors (Lipinski definition) is 0. The van der Waals surface area contributed by atoms with Crippen LogP contribution in [0.3, 0.4) is 0 Å². The van der Waals surface area contributed by atoms with E-state index >= 15 is 0 Å². The minimum absolute atomic E-state index is 0.0432. The lowest BCUT2D eigenvalue weighted by Gasteiger charge is -2.62. The van der Waals surface area contributed by atoms with Crippen molar-refractivity contribution < 1.29 is 9.53 Å². The molecule has 0 aromatic rings. The summed E-state index contributed by atoms with van der Waals surface area (Å²) in [6.07, 6.45) is 14.4. The standard InChI is InChI=1S/C32H54O2/c1-10-21(2)11-12-22(3)24-15-19-32(9)26-13-14-27-29(5,6)28(34-23(4)33)17-18-30(27,7)25(26)16-20-31(24,32)8/h21-22,24,27-28H,10-20H2,1-9H3/t21?,22-,24?,27?,28-,30+,31+,32+/m0/s1. The van der Waals surface area contributed by atoms with E-state index in [4.69, 9.17) is 4.74 Å². The highest BCUT2D eigenvalue weighted by Gasteiger charge is 2.63. The third-order valence-electron chi connectivity index (χ3n) is 12.6. The van der Waals surface area contributed by atoms with Gasteiger partial charge in [0.05, 0.1) is 0 Å². The van der Waals surface area contributed by atoms with E-state index < -0.39 is 0 Å². The summed E-state index contributed by atoms with van der Waals surface area (Å²) in [7, 11) is 0. The SMILES string of the molecule is CCC(C)CC[C@H](C)C1CC[C@]2(C)C3=C(CC[C@]12C)[C@@]1(C)CC[C@H](OC(C)=O)C(C)(C)C1CC3. The van der Waals surface area contributed by atoms with Crippen molar-refractivity contribution in [1.29, 1.82) is 0 Å². The van der Waals surface area contributed by atoms with Crippen LogP contribution in [0.1, 0.15) is 133 Å². The van der Waals surface area contributed by atoms with E-state index in [0.717, 1.165) is 24.2 Å². The number of ether oxygens (including phenoxy) is 1. The van der Waals surface area contributed by atoms with Gasteiger partial charge in [0.1, 0.15) is 6.10 Å². The summed E-state index contributed by atoms with van der Waals surface area (Å²) in [5.41, 5.74) is 4.86. The molecule has 8 atom stereocenters. The largest absolute Gasteiger partial charge is 0.462 e. The number of esters is 1. The van der Waals surface area contributed by atoms with Crippen molar-refractivity contribution in [3.63, 3.8) is 0 Å². The average Bonchev–Trinajstić information content (AvgIpc) is 3.05. The molecule has 0 aromatic heterocycles. The van der Waals surface area contributed by atoms with Crippen LogP contribution in [-0.2, 0) is 9.53 Å². The van der Waals surface area contributed by atoms with Crippen molar-refractivity contribution in [3.05, 3.63) is 11.1 Å². The van der Waals surface area contributed by atoms with Gasteiger partial charge in [-0.1, -0.05) is 85.8 Å². The Kier molecular flexibility index (Phi) is 6.92. The monoisotopic (exact) mass is 470 g/mol. The predicted octanol–water partition coefficient (Wildman–Crippen LogP) is 9.13. The second-order valence-corrected chi connectivity index (χ2v) is 14.4. The predicted molar refractivity (Wildman–Crippen MR) is 142 cm³/mol. The minimum atomic E-state index is -0.113. The molecular formula is C32H54O2. The van der Waals surface area contributed by atoms with E-state index in [1.165, 1.54) is 64.2 Å². The highest BCUT2D eigenvalue weighted by molar-refractivity contribution is 5.66. The fourth-order valence-electron chi connectivity index (χ4n) is 9.98. The van der Waals surface area contributed by atoms with Gasteiger partial charge in [0.2, 0.25) is 0 Å².